The summed E-state index contributed by atoms with van der Waals surface area (Å²) in [5, 5.41) is 15.4. The number of rotatable bonds is 2. The van der Waals surface area contributed by atoms with Crippen LogP contribution in [0.3, 0.4) is 0 Å². The number of aromatic nitrogens is 2. The summed E-state index contributed by atoms with van der Waals surface area (Å²) in [6.45, 7) is 11.6. The predicted octanol–water partition coefficient (Wildman–Crippen LogP) is 6.06. The lowest BCUT2D eigenvalue weighted by Gasteiger charge is -2.54. The molecule has 0 bridgehead atoms. The molecule has 1 heterocycles. The van der Waals surface area contributed by atoms with Crippen molar-refractivity contribution in [1.29, 1.82) is 0 Å². The van der Waals surface area contributed by atoms with Gasteiger partial charge in [-0.3, -0.25) is 0 Å². The fourth-order valence-corrected chi connectivity index (χ4v) is 6.80. The zero-order chi connectivity index (χ0) is 21.3. The smallest absolute Gasteiger partial charge is 0.119 e. The molecule has 2 aliphatic carbocycles. The first-order chi connectivity index (χ1) is 14.2. The largest absolute Gasteiger partial charge is 0.508 e. The lowest BCUT2D eigenvalue weighted by molar-refractivity contribution is 0.134. The van der Waals surface area contributed by atoms with Gasteiger partial charge < -0.3 is 5.11 Å². The highest BCUT2D eigenvalue weighted by Crippen LogP contribution is 2.57. The molecule has 2 aliphatic rings. The molecule has 1 aromatic heterocycles. The third-order valence-corrected chi connectivity index (χ3v) is 7.86. The molecule has 0 saturated carbocycles. The van der Waals surface area contributed by atoms with Crippen LogP contribution in [0, 0.1) is 5.92 Å². The van der Waals surface area contributed by atoms with E-state index in [1.54, 1.807) is 0 Å². The maximum atomic E-state index is 10.6. The van der Waals surface area contributed by atoms with Gasteiger partial charge in [0.05, 0.1) is 17.6 Å². The van der Waals surface area contributed by atoms with Gasteiger partial charge in [-0.15, -0.1) is 0 Å². The SMILES string of the molecule is CC(C)c1c(O)ccc2c1CC[C@H]1C(C)(C)c3c(cnn3-c3ccccc3)C[C@]21C. The van der Waals surface area contributed by atoms with E-state index in [2.05, 4.69) is 81.9 Å². The van der Waals surface area contributed by atoms with Gasteiger partial charge in [0.1, 0.15) is 5.75 Å². The second kappa shape index (κ2) is 6.47. The Bertz CT molecular complexity index is 1110. The highest BCUT2D eigenvalue weighted by molar-refractivity contribution is 5.54. The Hall–Kier alpha value is -2.55. The normalized spacial score (nSPS) is 24.3. The molecule has 3 aromatic rings. The zero-order valence-corrected chi connectivity index (χ0v) is 18.7. The molecular weight excluding hydrogens is 368 g/mol. The van der Waals surface area contributed by atoms with Gasteiger partial charge in [-0.25, -0.2) is 4.68 Å². The maximum Gasteiger partial charge on any atom is 0.119 e. The summed E-state index contributed by atoms with van der Waals surface area (Å²) in [7, 11) is 0. The molecule has 0 unspecified atom stereocenters. The number of hydrogen-bond acceptors (Lipinski definition) is 2. The topological polar surface area (TPSA) is 38.1 Å². The molecule has 156 valence electrons. The Morgan fingerprint density at radius 1 is 1.07 bits per heavy atom. The Kier molecular flexibility index (Phi) is 4.19. The minimum absolute atomic E-state index is 0.00223. The lowest BCUT2D eigenvalue weighted by atomic mass is 9.50. The van der Waals surface area contributed by atoms with Crippen molar-refractivity contribution in [3.63, 3.8) is 0 Å². The number of aromatic hydroxyl groups is 1. The van der Waals surface area contributed by atoms with E-state index in [1.807, 2.05) is 6.07 Å². The van der Waals surface area contributed by atoms with E-state index in [4.69, 9.17) is 5.10 Å². The molecule has 1 N–H and O–H groups in total. The van der Waals surface area contributed by atoms with E-state index in [-0.39, 0.29) is 10.8 Å². The molecule has 2 atom stereocenters. The fourth-order valence-electron chi connectivity index (χ4n) is 6.80. The number of benzene rings is 2. The number of phenols is 1. The molecule has 3 heteroatoms. The van der Waals surface area contributed by atoms with Crippen molar-refractivity contribution >= 4 is 0 Å². The van der Waals surface area contributed by atoms with Crippen LogP contribution in [0.1, 0.15) is 74.9 Å². The molecule has 5 rings (SSSR count). The first-order valence-corrected chi connectivity index (χ1v) is 11.2. The lowest BCUT2D eigenvalue weighted by Crippen LogP contribution is -2.52. The van der Waals surface area contributed by atoms with Gasteiger partial charge >= 0.3 is 0 Å². The molecule has 0 radical (unpaired) electrons. The van der Waals surface area contributed by atoms with E-state index in [1.165, 1.54) is 22.4 Å². The van der Waals surface area contributed by atoms with Crippen LogP contribution in [0.4, 0.5) is 0 Å². The van der Waals surface area contributed by atoms with Gasteiger partial charge in [0.25, 0.3) is 0 Å². The average Bonchev–Trinajstić information content (AvgIpc) is 3.12. The monoisotopic (exact) mass is 400 g/mol. The van der Waals surface area contributed by atoms with Crippen molar-refractivity contribution in [2.24, 2.45) is 5.92 Å². The van der Waals surface area contributed by atoms with Crippen LogP contribution in [-0.4, -0.2) is 14.9 Å². The summed E-state index contributed by atoms with van der Waals surface area (Å²) in [5.41, 5.74) is 7.88. The summed E-state index contributed by atoms with van der Waals surface area (Å²) in [6, 6.07) is 14.6. The third kappa shape index (κ3) is 2.54. The van der Waals surface area contributed by atoms with Gasteiger partial charge in [-0.2, -0.15) is 5.10 Å². The van der Waals surface area contributed by atoms with E-state index in [0.717, 1.165) is 30.5 Å². The Balaban J connectivity index is 1.70. The van der Waals surface area contributed by atoms with Crippen molar-refractivity contribution in [3.8, 4) is 11.4 Å². The van der Waals surface area contributed by atoms with Crippen molar-refractivity contribution in [1.82, 2.24) is 9.78 Å². The maximum absolute atomic E-state index is 10.6. The van der Waals surface area contributed by atoms with Crippen molar-refractivity contribution in [2.75, 3.05) is 0 Å². The summed E-state index contributed by atoms with van der Waals surface area (Å²) in [5.74, 6) is 1.31. The predicted molar refractivity (Wildman–Crippen MR) is 122 cm³/mol. The van der Waals surface area contributed by atoms with Gasteiger partial charge in [-0.05, 0) is 71.6 Å². The molecule has 0 saturated heterocycles. The number of para-hydroxylation sites is 1. The van der Waals surface area contributed by atoms with Crippen LogP contribution in [0.25, 0.3) is 5.69 Å². The van der Waals surface area contributed by atoms with Crippen LogP contribution in [0.2, 0.25) is 0 Å². The second-order valence-electron chi connectivity index (χ2n) is 10.4. The van der Waals surface area contributed by atoms with Crippen molar-refractivity contribution < 1.29 is 5.11 Å². The Morgan fingerprint density at radius 3 is 2.50 bits per heavy atom. The molecule has 30 heavy (non-hydrogen) atoms. The average molecular weight is 401 g/mol. The number of fused-ring (bicyclic) bond motifs is 4. The highest BCUT2D eigenvalue weighted by atomic mass is 16.3. The number of nitrogens with zero attached hydrogens (tertiary/aromatic N) is 2. The van der Waals surface area contributed by atoms with Crippen LogP contribution in [0.15, 0.2) is 48.7 Å². The first kappa shape index (κ1) is 19.4. The third-order valence-electron chi connectivity index (χ3n) is 7.86. The van der Waals surface area contributed by atoms with Crippen molar-refractivity contribution in [2.45, 2.75) is 70.6 Å². The molecular formula is C27H32N2O. The second-order valence-corrected chi connectivity index (χ2v) is 10.4. The minimum atomic E-state index is 0.00223. The van der Waals surface area contributed by atoms with Gasteiger partial charge in [0.2, 0.25) is 0 Å². The van der Waals surface area contributed by atoms with Crippen LogP contribution in [-0.2, 0) is 23.7 Å². The van der Waals surface area contributed by atoms with E-state index >= 15 is 0 Å². The molecule has 2 aromatic carbocycles. The zero-order valence-electron chi connectivity index (χ0n) is 18.7. The standard InChI is InChI=1S/C27H32N2O/c1-17(2)24-20-11-14-23-26(3,4)25-18(15-27(23,5)21(20)12-13-22(24)30)16-28-29(25)19-9-7-6-8-10-19/h6-10,12-13,16-17,23,30H,11,14-15H2,1-5H3/t23-,27+/m0/s1. The van der Waals surface area contributed by atoms with Crippen LogP contribution in [0.5, 0.6) is 5.75 Å². The van der Waals surface area contributed by atoms with Crippen LogP contribution >= 0.6 is 0 Å². The first-order valence-electron chi connectivity index (χ1n) is 11.2. The quantitative estimate of drug-likeness (QED) is 0.568. The van der Waals surface area contributed by atoms with Gasteiger partial charge in [-0.1, -0.05) is 58.9 Å². The van der Waals surface area contributed by atoms with Crippen molar-refractivity contribution in [3.05, 3.63) is 76.6 Å². The summed E-state index contributed by atoms with van der Waals surface area (Å²) in [4.78, 5) is 0. The molecule has 0 fully saturated rings. The van der Waals surface area contributed by atoms with Gasteiger partial charge in [0.15, 0.2) is 0 Å². The van der Waals surface area contributed by atoms with E-state index in [0.29, 0.717) is 17.6 Å². The summed E-state index contributed by atoms with van der Waals surface area (Å²) < 4.78 is 2.17. The summed E-state index contributed by atoms with van der Waals surface area (Å²) in [6.07, 6.45) is 5.26. The Morgan fingerprint density at radius 2 is 1.80 bits per heavy atom. The van der Waals surface area contributed by atoms with Gasteiger partial charge in [0, 0.05) is 10.8 Å². The number of hydrogen-bond donors (Lipinski definition) is 1. The summed E-state index contributed by atoms with van der Waals surface area (Å²) >= 11 is 0. The number of phenolic OH excluding ortho intramolecular Hbond substituents is 1. The van der Waals surface area contributed by atoms with Crippen LogP contribution < -0.4 is 0 Å². The molecule has 0 spiro atoms. The highest BCUT2D eigenvalue weighted by Gasteiger charge is 2.54. The Labute approximate surface area is 179 Å². The van der Waals surface area contributed by atoms with E-state index in [9.17, 15) is 5.11 Å². The molecule has 3 nitrogen and oxygen atoms in total. The molecule has 0 aliphatic heterocycles. The minimum Gasteiger partial charge on any atom is -0.508 e. The fraction of sp³-hybridized carbons (Fsp3) is 0.444. The molecule has 0 amide bonds. The van der Waals surface area contributed by atoms with E-state index < -0.39 is 0 Å².